The zero-order valence-corrected chi connectivity index (χ0v) is 15.6. The second kappa shape index (κ2) is 8.26. The summed E-state index contributed by atoms with van der Waals surface area (Å²) in [6, 6.07) is 16.8. The summed E-state index contributed by atoms with van der Waals surface area (Å²) in [6.45, 7) is 5.53. The normalized spacial score (nSPS) is 14.7. The van der Waals surface area contributed by atoms with Crippen LogP contribution < -0.4 is 5.32 Å². The third-order valence-electron chi connectivity index (χ3n) is 5.04. The molecule has 28 heavy (non-hydrogen) atoms. The number of anilines is 1. The molecule has 6 heteroatoms. The maximum absolute atomic E-state index is 12.5. The van der Waals surface area contributed by atoms with Gasteiger partial charge in [0.25, 0.3) is 5.91 Å². The van der Waals surface area contributed by atoms with Crippen molar-refractivity contribution in [3.63, 3.8) is 0 Å². The molecule has 6 nitrogen and oxygen atoms in total. The molecule has 2 aromatic carbocycles. The Morgan fingerprint density at radius 3 is 2.79 bits per heavy atom. The molecular formula is C22H22N4O2. The zero-order valence-electron chi connectivity index (χ0n) is 15.6. The van der Waals surface area contributed by atoms with Gasteiger partial charge in [0.15, 0.2) is 0 Å². The highest BCUT2D eigenvalue weighted by molar-refractivity contribution is 6.05. The van der Waals surface area contributed by atoms with Gasteiger partial charge in [0.1, 0.15) is 0 Å². The number of hydrogen-bond acceptors (Lipinski definition) is 4. The number of carbonyl (C=O) groups is 1. The third kappa shape index (κ3) is 4.06. The predicted octanol–water partition coefficient (Wildman–Crippen LogP) is 3.10. The van der Waals surface area contributed by atoms with E-state index in [4.69, 9.17) is 10.00 Å². The topological polar surface area (TPSA) is 70.3 Å². The molecule has 1 amide bonds. The molecule has 142 valence electrons. The standard InChI is InChI=1S/C22H22N4O2/c23-16-17-2-1-3-19(14-17)22(27)24-20-4-5-21-18(15-20)6-7-26(21)9-8-25-10-12-28-13-11-25/h1-7,14-15H,8-13H2,(H,24,27). The van der Waals surface area contributed by atoms with Crippen LogP contribution in [-0.4, -0.2) is 48.2 Å². The van der Waals surface area contributed by atoms with Crippen LogP contribution in [0, 0.1) is 11.3 Å². The maximum atomic E-state index is 12.5. The minimum Gasteiger partial charge on any atom is -0.379 e. The molecule has 3 aromatic rings. The van der Waals surface area contributed by atoms with Crippen LogP contribution in [0.3, 0.4) is 0 Å². The summed E-state index contributed by atoms with van der Waals surface area (Å²) in [5.41, 5.74) is 2.84. The monoisotopic (exact) mass is 374 g/mol. The van der Waals surface area contributed by atoms with E-state index in [1.165, 1.54) is 0 Å². The van der Waals surface area contributed by atoms with Gasteiger partial charge in [0.2, 0.25) is 0 Å². The second-order valence-corrected chi connectivity index (χ2v) is 6.88. The number of benzene rings is 2. The summed E-state index contributed by atoms with van der Waals surface area (Å²) >= 11 is 0. The first kappa shape index (κ1) is 18.2. The molecule has 0 bridgehead atoms. The van der Waals surface area contributed by atoms with Crippen molar-refractivity contribution < 1.29 is 9.53 Å². The Morgan fingerprint density at radius 2 is 1.96 bits per heavy atom. The molecule has 0 radical (unpaired) electrons. The third-order valence-corrected chi connectivity index (χ3v) is 5.04. The maximum Gasteiger partial charge on any atom is 0.255 e. The van der Waals surface area contributed by atoms with E-state index in [0.717, 1.165) is 56.0 Å². The Balaban J connectivity index is 1.44. The molecule has 0 unspecified atom stereocenters. The first-order valence-electron chi connectivity index (χ1n) is 9.43. The van der Waals surface area contributed by atoms with Crippen LogP contribution in [0.1, 0.15) is 15.9 Å². The van der Waals surface area contributed by atoms with Crippen molar-refractivity contribution in [2.24, 2.45) is 0 Å². The lowest BCUT2D eigenvalue weighted by Gasteiger charge is -2.26. The van der Waals surface area contributed by atoms with Gasteiger partial charge in [0, 0.05) is 54.5 Å². The van der Waals surface area contributed by atoms with E-state index >= 15 is 0 Å². The molecule has 1 saturated heterocycles. The number of rotatable bonds is 5. The lowest BCUT2D eigenvalue weighted by atomic mass is 10.1. The number of carbonyl (C=O) groups excluding carboxylic acids is 1. The number of amides is 1. The number of aromatic nitrogens is 1. The van der Waals surface area contributed by atoms with Crippen LogP contribution in [0.15, 0.2) is 54.7 Å². The molecule has 0 aliphatic carbocycles. The van der Waals surface area contributed by atoms with Crippen molar-refractivity contribution in [2.75, 3.05) is 38.2 Å². The first-order chi connectivity index (χ1) is 13.7. The van der Waals surface area contributed by atoms with Crippen LogP contribution in [0.4, 0.5) is 5.69 Å². The van der Waals surface area contributed by atoms with Crippen molar-refractivity contribution >= 4 is 22.5 Å². The summed E-state index contributed by atoms with van der Waals surface area (Å²) < 4.78 is 7.64. The molecule has 4 rings (SSSR count). The smallest absolute Gasteiger partial charge is 0.255 e. The van der Waals surface area contributed by atoms with Gasteiger partial charge in [0.05, 0.1) is 24.8 Å². The van der Waals surface area contributed by atoms with E-state index in [0.29, 0.717) is 11.1 Å². The first-order valence-corrected chi connectivity index (χ1v) is 9.43. The molecule has 1 N–H and O–H groups in total. The number of hydrogen-bond donors (Lipinski definition) is 1. The van der Waals surface area contributed by atoms with E-state index in [1.807, 2.05) is 18.2 Å². The van der Waals surface area contributed by atoms with Gasteiger partial charge in [-0.3, -0.25) is 9.69 Å². The van der Waals surface area contributed by atoms with Crippen molar-refractivity contribution in [3.05, 3.63) is 65.9 Å². The fourth-order valence-electron chi connectivity index (χ4n) is 3.48. The van der Waals surface area contributed by atoms with Crippen LogP contribution in [0.2, 0.25) is 0 Å². The van der Waals surface area contributed by atoms with Gasteiger partial charge < -0.3 is 14.6 Å². The number of morpholine rings is 1. The van der Waals surface area contributed by atoms with Crippen molar-refractivity contribution in [1.82, 2.24) is 9.47 Å². The highest BCUT2D eigenvalue weighted by Gasteiger charge is 2.11. The van der Waals surface area contributed by atoms with Crippen molar-refractivity contribution in [1.29, 1.82) is 5.26 Å². The quantitative estimate of drug-likeness (QED) is 0.745. The minimum absolute atomic E-state index is 0.219. The number of nitrogens with one attached hydrogen (secondary N) is 1. The molecule has 1 aliphatic heterocycles. The van der Waals surface area contributed by atoms with Crippen LogP contribution in [-0.2, 0) is 11.3 Å². The molecule has 1 fully saturated rings. The van der Waals surface area contributed by atoms with Crippen molar-refractivity contribution in [3.8, 4) is 6.07 Å². The molecule has 1 aromatic heterocycles. The Bertz CT molecular complexity index is 1030. The SMILES string of the molecule is N#Cc1cccc(C(=O)Nc2ccc3c(ccn3CCN3CCOCC3)c2)c1. The van der Waals surface area contributed by atoms with E-state index in [2.05, 4.69) is 33.1 Å². The fraction of sp³-hybridized carbons (Fsp3) is 0.273. The van der Waals surface area contributed by atoms with Gasteiger partial charge >= 0.3 is 0 Å². The largest absolute Gasteiger partial charge is 0.379 e. The van der Waals surface area contributed by atoms with Gasteiger partial charge in [-0.05, 0) is 42.5 Å². The van der Waals surface area contributed by atoms with Crippen LogP contribution in [0.5, 0.6) is 0 Å². The average Bonchev–Trinajstić information content (AvgIpc) is 3.15. The zero-order chi connectivity index (χ0) is 19.3. The highest BCUT2D eigenvalue weighted by atomic mass is 16.5. The second-order valence-electron chi connectivity index (χ2n) is 6.88. The summed E-state index contributed by atoms with van der Waals surface area (Å²) in [4.78, 5) is 14.9. The lowest BCUT2D eigenvalue weighted by molar-refractivity contribution is 0.0365. The Hall–Kier alpha value is -3.14. The predicted molar refractivity (Wildman–Crippen MR) is 108 cm³/mol. The summed E-state index contributed by atoms with van der Waals surface area (Å²) in [5, 5.41) is 13.0. The Kier molecular flexibility index (Phi) is 5.38. The van der Waals surface area contributed by atoms with Crippen LogP contribution >= 0.6 is 0 Å². The van der Waals surface area contributed by atoms with E-state index < -0.39 is 0 Å². The van der Waals surface area contributed by atoms with Crippen molar-refractivity contribution in [2.45, 2.75) is 6.54 Å². The number of nitrogens with zero attached hydrogens (tertiary/aromatic N) is 3. The van der Waals surface area contributed by atoms with E-state index in [1.54, 1.807) is 24.3 Å². The van der Waals surface area contributed by atoms with Gasteiger partial charge in [-0.1, -0.05) is 6.07 Å². The lowest BCUT2D eigenvalue weighted by Crippen LogP contribution is -2.38. The number of ether oxygens (including phenoxy) is 1. The van der Waals surface area contributed by atoms with E-state index in [-0.39, 0.29) is 5.91 Å². The van der Waals surface area contributed by atoms with Crippen LogP contribution in [0.25, 0.3) is 10.9 Å². The molecule has 0 spiro atoms. The average molecular weight is 374 g/mol. The molecular weight excluding hydrogens is 352 g/mol. The molecule has 1 aliphatic rings. The molecule has 0 saturated carbocycles. The Labute approximate surface area is 163 Å². The van der Waals surface area contributed by atoms with Gasteiger partial charge in [-0.2, -0.15) is 5.26 Å². The number of fused-ring (bicyclic) bond motifs is 1. The summed E-state index contributed by atoms with van der Waals surface area (Å²) in [5.74, 6) is -0.219. The molecule has 0 atom stereocenters. The Morgan fingerprint density at radius 1 is 1.11 bits per heavy atom. The van der Waals surface area contributed by atoms with Gasteiger partial charge in [-0.15, -0.1) is 0 Å². The number of nitriles is 1. The highest BCUT2D eigenvalue weighted by Crippen LogP contribution is 2.21. The summed E-state index contributed by atoms with van der Waals surface area (Å²) in [6.07, 6.45) is 2.09. The summed E-state index contributed by atoms with van der Waals surface area (Å²) in [7, 11) is 0. The minimum atomic E-state index is -0.219. The van der Waals surface area contributed by atoms with Gasteiger partial charge in [-0.25, -0.2) is 0 Å². The molecule has 2 heterocycles. The fourth-order valence-corrected chi connectivity index (χ4v) is 3.48. The van der Waals surface area contributed by atoms with E-state index in [9.17, 15) is 4.79 Å².